The number of methoxy groups -OCH3 is 1. The van der Waals surface area contributed by atoms with Gasteiger partial charge in [-0.05, 0) is 60.1 Å². The number of urea groups is 1. The number of likely N-dealkylation sites (tertiary alicyclic amines) is 1. The molecule has 2 N–H and O–H groups in total. The highest BCUT2D eigenvalue weighted by Crippen LogP contribution is 2.56. The molecule has 28 heavy (non-hydrogen) atoms. The quantitative estimate of drug-likeness (QED) is 0.797. The van der Waals surface area contributed by atoms with E-state index < -0.39 is 5.60 Å². The molecule has 5 nitrogen and oxygen atoms in total. The molecule has 2 aromatic rings. The lowest BCUT2D eigenvalue weighted by Crippen LogP contribution is -2.37. The maximum atomic E-state index is 12.7. The number of rotatable bonds is 3. The molecule has 1 aliphatic carbocycles. The molecule has 2 amide bonds. The van der Waals surface area contributed by atoms with Gasteiger partial charge in [0.25, 0.3) is 0 Å². The predicted octanol–water partition coefficient (Wildman–Crippen LogP) is 4.50. The molecule has 6 heteroatoms. The zero-order valence-corrected chi connectivity index (χ0v) is 16.9. The third kappa shape index (κ3) is 3.45. The van der Waals surface area contributed by atoms with Crippen molar-refractivity contribution in [1.29, 1.82) is 0 Å². The molecule has 148 valence electrons. The number of anilines is 1. The number of amides is 2. The second-order valence-electron chi connectivity index (χ2n) is 8.32. The number of ether oxygens (including phenoxy) is 1. The van der Waals surface area contributed by atoms with E-state index in [9.17, 15) is 9.90 Å². The average molecular weight is 401 g/mol. The minimum Gasteiger partial charge on any atom is -0.497 e. The first-order chi connectivity index (χ1) is 13.3. The van der Waals surface area contributed by atoms with Gasteiger partial charge in [-0.15, -0.1) is 0 Å². The van der Waals surface area contributed by atoms with Crippen molar-refractivity contribution in [2.75, 3.05) is 25.5 Å². The van der Waals surface area contributed by atoms with E-state index in [0.29, 0.717) is 36.6 Å². The second-order valence-corrected chi connectivity index (χ2v) is 8.75. The Bertz CT molecular complexity index is 905. The number of fused-ring (bicyclic) bond motifs is 1. The Labute approximate surface area is 170 Å². The van der Waals surface area contributed by atoms with Gasteiger partial charge in [0.05, 0.1) is 12.7 Å². The van der Waals surface area contributed by atoms with Crippen LogP contribution in [0.5, 0.6) is 5.75 Å². The van der Waals surface area contributed by atoms with Gasteiger partial charge in [-0.1, -0.05) is 36.7 Å². The number of nitrogens with zero attached hydrogens (tertiary/aromatic N) is 1. The van der Waals surface area contributed by atoms with Crippen LogP contribution >= 0.6 is 11.6 Å². The molecule has 2 aliphatic rings. The molecule has 1 aliphatic heterocycles. The Morgan fingerprint density at radius 1 is 1.29 bits per heavy atom. The first kappa shape index (κ1) is 19.1. The van der Waals surface area contributed by atoms with Crippen molar-refractivity contribution in [2.24, 2.45) is 11.3 Å². The maximum absolute atomic E-state index is 12.7. The molecule has 3 atom stereocenters. The van der Waals surface area contributed by atoms with E-state index in [2.05, 4.69) is 12.2 Å². The lowest BCUT2D eigenvalue weighted by atomic mass is 9.82. The molecule has 0 aromatic heterocycles. The topological polar surface area (TPSA) is 61.8 Å². The number of aliphatic hydroxyl groups is 1. The Morgan fingerprint density at radius 2 is 2.07 bits per heavy atom. The van der Waals surface area contributed by atoms with Gasteiger partial charge in [0.1, 0.15) is 5.75 Å². The number of benzene rings is 2. The van der Waals surface area contributed by atoms with E-state index >= 15 is 0 Å². The number of carbonyl (C=O) groups excluding carboxylic acids is 1. The molecule has 1 saturated carbocycles. The largest absolute Gasteiger partial charge is 0.497 e. The van der Waals surface area contributed by atoms with Crippen molar-refractivity contribution < 1.29 is 14.6 Å². The minimum atomic E-state index is -0.885. The normalized spacial score (nSPS) is 28.9. The monoisotopic (exact) mass is 400 g/mol. The van der Waals surface area contributed by atoms with Crippen LogP contribution in [0, 0.1) is 11.3 Å². The van der Waals surface area contributed by atoms with Gasteiger partial charge in [-0.25, -0.2) is 4.79 Å². The summed E-state index contributed by atoms with van der Waals surface area (Å²) in [5, 5.41) is 14.9. The van der Waals surface area contributed by atoms with Gasteiger partial charge in [-0.3, -0.25) is 0 Å². The zero-order valence-electron chi connectivity index (χ0n) is 16.1. The van der Waals surface area contributed by atoms with Crippen molar-refractivity contribution in [3.8, 4) is 5.75 Å². The first-order valence-corrected chi connectivity index (χ1v) is 9.88. The molecule has 4 rings (SSSR count). The van der Waals surface area contributed by atoms with Crippen LogP contribution in [0.25, 0.3) is 0 Å². The third-order valence-corrected chi connectivity index (χ3v) is 6.46. The number of nitrogens with one attached hydrogen (secondary N) is 1. The molecule has 2 fully saturated rings. The van der Waals surface area contributed by atoms with E-state index in [0.717, 1.165) is 11.3 Å². The van der Waals surface area contributed by atoms with Gasteiger partial charge in [-0.2, -0.15) is 0 Å². The average Bonchev–Trinajstić information content (AvgIpc) is 3.10. The van der Waals surface area contributed by atoms with Crippen LogP contribution in [-0.2, 0) is 5.60 Å². The van der Waals surface area contributed by atoms with E-state index in [4.69, 9.17) is 16.3 Å². The third-order valence-electron chi connectivity index (χ3n) is 6.23. The van der Waals surface area contributed by atoms with Gasteiger partial charge in [0, 0.05) is 23.8 Å². The van der Waals surface area contributed by atoms with E-state index in [-0.39, 0.29) is 17.4 Å². The van der Waals surface area contributed by atoms with Crippen molar-refractivity contribution in [3.63, 3.8) is 0 Å². The molecule has 1 heterocycles. The summed E-state index contributed by atoms with van der Waals surface area (Å²) in [5.41, 5.74) is 0.567. The van der Waals surface area contributed by atoms with Crippen LogP contribution in [0.15, 0.2) is 48.5 Å². The number of hydrogen-bond acceptors (Lipinski definition) is 3. The van der Waals surface area contributed by atoms with Gasteiger partial charge < -0.3 is 20.1 Å². The number of carbonyl (C=O) groups is 1. The van der Waals surface area contributed by atoms with E-state index in [1.165, 1.54) is 0 Å². The standard InChI is InChI=1S/C22H25ClN2O3/c1-21-13-22(27,15-5-3-8-19(9-15)28-2)11-16(21)12-25(14-21)20(26)24-18-7-4-6-17(23)10-18/h3-10,16,27H,11-14H2,1-2H3,(H,24,26)/t16-,21+,22-/m0/s1. The highest BCUT2D eigenvalue weighted by atomic mass is 35.5. The molecule has 0 unspecified atom stereocenters. The van der Waals surface area contributed by atoms with Crippen LogP contribution in [-0.4, -0.2) is 36.2 Å². The molecular formula is C22H25ClN2O3. The molecule has 2 aromatic carbocycles. The van der Waals surface area contributed by atoms with Crippen LogP contribution in [0.1, 0.15) is 25.3 Å². The van der Waals surface area contributed by atoms with Crippen molar-refractivity contribution in [2.45, 2.75) is 25.4 Å². The minimum absolute atomic E-state index is 0.122. The van der Waals surface area contributed by atoms with Gasteiger partial charge in [0.2, 0.25) is 0 Å². The number of hydrogen-bond donors (Lipinski definition) is 2. The Kier molecular flexibility index (Phi) is 4.76. The summed E-state index contributed by atoms with van der Waals surface area (Å²) >= 11 is 6.00. The predicted molar refractivity (Wildman–Crippen MR) is 110 cm³/mol. The van der Waals surface area contributed by atoms with Crippen molar-refractivity contribution in [3.05, 3.63) is 59.1 Å². The SMILES string of the molecule is COc1cccc([C@]2(O)C[C@H]3CN(C(=O)Nc4cccc(Cl)c4)C[C@@]3(C)C2)c1. The Balaban J connectivity index is 1.46. The van der Waals surface area contributed by atoms with Gasteiger partial charge >= 0.3 is 6.03 Å². The smallest absolute Gasteiger partial charge is 0.321 e. The highest BCUT2D eigenvalue weighted by Gasteiger charge is 2.57. The summed E-state index contributed by atoms with van der Waals surface area (Å²) in [5.74, 6) is 0.990. The van der Waals surface area contributed by atoms with Crippen molar-refractivity contribution in [1.82, 2.24) is 4.90 Å². The van der Waals surface area contributed by atoms with E-state index in [1.807, 2.05) is 41.3 Å². The van der Waals surface area contributed by atoms with Crippen LogP contribution < -0.4 is 10.1 Å². The Morgan fingerprint density at radius 3 is 2.79 bits per heavy atom. The molecular weight excluding hydrogens is 376 g/mol. The maximum Gasteiger partial charge on any atom is 0.321 e. The lowest BCUT2D eigenvalue weighted by molar-refractivity contribution is 0.0263. The van der Waals surface area contributed by atoms with Crippen LogP contribution in [0.4, 0.5) is 10.5 Å². The zero-order chi connectivity index (χ0) is 19.9. The summed E-state index contributed by atoms with van der Waals surface area (Å²) in [7, 11) is 1.63. The molecule has 0 spiro atoms. The van der Waals surface area contributed by atoms with Gasteiger partial charge in [0.15, 0.2) is 0 Å². The highest BCUT2D eigenvalue weighted by molar-refractivity contribution is 6.30. The van der Waals surface area contributed by atoms with Crippen LogP contribution in [0.2, 0.25) is 5.02 Å². The first-order valence-electron chi connectivity index (χ1n) is 9.50. The Hall–Kier alpha value is -2.24. The summed E-state index contributed by atoms with van der Waals surface area (Å²) in [6, 6.07) is 14.7. The summed E-state index contributed by atoms with van der Waals surface area (Å²) in [4.78, 5) is 14.6. The fourth-order valence-corrected chi connectivity index (χ4v) is 5.02. The van der Waals surface area contributed by atoms with E-state index in [1.54, 1.807) is 19.2 Å². The van der Waals surface area contributed by atoms with Crippen LogP contribution in [0.3, 0.4) is 0 Å². The fourth-order valence-electron chi connectivity index (χ4n) is 4.83. The van der Waals surface area contributed by atoms with Crippen molar-refractivity contribution >= 4 is 23.3 Å². The molecule has 0 radical (unpaired) electrons. The molecule has 0 bridgehead atoms. The number of halogens is 1. The molecule has 1 saturated heterocycles. The summed E-state index contributed by atoms with van der Waals surface area (Å²) in [6.45, 7) is 3.42. The fraction of sp³-hybridized carbons (Fsp3) is 0.409. The summed E-state index contributed by atoms with van der Waals surface area (Å²) in [6.07, 6.45) is 1.26. The second kappa shape index (κ2) is 6.98. The summed E-state index contributed by atoms with van der Waals surface area (Å²) < 4.78 is 5.31. The lowest BCUT2D eigenvalue weighted by Gasteiger charge is -2.29.